The molecule has 0 saturated carbocycles. The summed E-state index contributed by atoms with van der Waals surface area (Å²) in [5.74, 6) is -0.235. The minimum absolute atomic E-state index is 0.0397. The fourth-order valence-corrected chi connectivity index (χ4v) is 3.91. The summed E-state index contributed by atoms with van der Waals surface area (Å²) in [6, 6.07) is 9.87. The number of para-hydroxylation sites is 1. The van der Waals surface area contributed by atoms with Crippen molar-refractivity contribution in [1.82, 2.24) is 4.98 Å². The van der Waals surface area contributed by atoms with Gasteiger partial charge < -0.3 is 4.74 Å². The average Bonchev–Trinajstić information content (AvgIpc) is 3.16. The van der Waals surface area contributed by atoms with Crippen LogP contribution in [0.4, 0.5) is 13.9 Å². The number of carbonyl (C=O) groups excluding carboxylic acids is 1. The van der Waals surface area contributed by atoms with Crippen LogP contribution in [0.3, 0.4) is 0 Å². The second-order valence-corrected chi connectivity index (χ2v) is 7.79. The Labute approximate surface area is 152 Å². The summed E-state index contributed by atoms with van der Waals surface area (Å²) in [5.41, 5.74) is 0.896. The van der Waals surface area contributed by atoms with E-state index in [9.17, 15) is 13.6 Å². The molecular formula is C15H9BrF2N2O2S2. The summed E-state index contributed by atoms with van der Waals surface area (Å²) in [4.78, 5) is 16.9. The lowest BCUT2D eigenvalue weighted by Crippen LogP contribution is -2.09. The molecule has 0 saturated heterocycles. The Morgan fingerprint density at radius 2 is 2.04 bits per heavy atom. The highest BCUT2D eigenvalue weighted by atomic mass is 79.9. The highest BCUT2D eigenvalue weighted by molar-refractivity contribution is 9.11. The first kappa shape index (κ1) is 17.0. The van der Waals surface area contributed by atoms with Crippen LogP contribution in [-0.4, -0.2) is 17.5 Å². The van der Waals surface area contributed by atoms with Crippen molar-refractivity contribution < 1.29 is 18.3 Å². The number of amides is 1. The van der Waals surface area contributed by atoms with E-state index in [-0.39, 0.29) is 11.7 Å². The molecule has 2 heterocycles. The van der Waals surface area contributed by atoms with Crippen LogP contribution in [0, 0.1) is 0 Å². The summed E-state index contributed by atoms with van der Waals surface area (Å²) in [6.45, 7) is -2.92. The number of thiazole rings is 1. The van der Waals surface area contributed by atoms with E-state index in [2.05, 4.69) is 31.0 Å². The Hall–Kier alpha value is -1.84. The first-order valence-electron chi connectivity index (χ1n) is 6.59. The van der Waals surface area contributed by atoms with Gasteiger partial charge in [0.2, 0.25) is 0 Å². The molecule has 4 nitrogen and oxygen atoms in total. The number of alkyl halides is 2. The van der Waals surface area contributed by atoms with Crippen LogP contribution >= 0.6 is 38.6 Å². The number of rotatable bonds is 5. The number of anilines is 1. The van der Waals surface area contributed by atoms with Gasteiger partial charge in [-0.25, -0.2) is 4.98 Å². The molecule has 0 aliphatic heterocycles. The smallest absolute Gasteiger partial charge is 0.387 e. The molecule has 0 atom stereocenters. The molecule has 1 amide bonds. The van der Waals surface area contributed by atoms with Crippen LogP contribution in [-0.2, 0) is 0 Å². The van der Waals surface area contributed by atoms with Gasteiger partial charge in [0, 0.05) is 10.9 Å². The van der Waals surface area contributed by atoms with Gasteiger partial charge in [-0.15, -0.1) is 22.7 Å². The second kappa shape index (κ2) is 7.37. The van der Waals surface area contributed by atoms with Gasteiger partial charge in [0.15, 0.2) is 5.13 Å². The third kappa shape index (κ3) is 3.97. The van der Waals surface area contributed by atoms with Crippen LogP contribution in [0.1, 0.15) is 9.67 Å². The zero-order valence-corrected chi connectivity index (χ0v) is 15.1. The van der Waals surface area contributed by atoms with Crippen molar-refractivity contribution in [3.8, 4) is 17.0 Å². The van der Waals surface area contributed by atoms with E-state index < -0.39 is 6.61 Å². The van der Waals surface area contributed by atoms with Gasteiger partial charge >= 0.3 is 6.61 Å². The van der Waals surface area contributed by atoms with Gasteiger partial charge in [-0.1, -0.05) is 12.1 Å². The number of halogens is 3. The van der Waals surface area contributed by atoms with Gasteiger partial charge in [0.25, 0.3) is 5.91 Å². The van der Waals surface area contributed by atoms with Gasteiger partial charge in [-0.3, -0.25) is 10.1 Å². The van der Waals surface area contributed by atoms with Crippen LogP contribution in [0.25, 0.3) is 11.3 Å². The highest BCUT2D eigenvalue weighted by Crippen LogP contribution is 2.33. The topological polar surface area (TPSA) is 51.2 Å². The third-order valence-electron chi connectivity index (χ3n) is 2.90. The van der Waals surface area contributed by atoms with Crippen LogP contribution < -0.4 is 10.1 Å². The predicted octanol–water partition coefficient (Wildman–Crippen LogP) is 5.49. The first-order valence-corrected chi connectivity index (χ1v) is 9.08. The molecule has 0 unspecified atom stereocenters. The Morgan fingerprint density at radius 3 is 2.75 bits per heavy atom. The minimum atomic E-state index is -2.92. The molecule has 9 heteroatoms. The Bertz CT molecular complexity index is 867. The zero-order chi connectivity index (χ0) is 17.1. The standard InChI is InChI=1S/C15H9BrF2N2O2S2/c16-12-6-5-11(24-12)13(21)20-15-19-9(7-23-15)8-3-1-2-4-10(8)22-14(17)18/h1-7,14H,(H,19,20,21). The SMILES string of the molecule is O=C(Nc1nc(-c2ccccc2OC(F)F)cs1)c1ccc(Br)s1. The molecule has 3 rings (SSSR count). The second-order valence-electron chi connectivity index (χ2n) is 4.47. The van der Waals surface area contributed by atoms with E-state index in [0.717, 1.165) is 3.79 Å². The van der Waals surface area contributed by atoms with E-state index in [0.29, 0.717) is 21.3 Å². The number of ether oxygens (including phenoxy) is 1. The molecule has 0 fully saturated rings. The number of hydrogen-bond donors (Lipinski definition) is 1. The molecular weight excluding hydrogens is 422 g/mol. The zero-order valence-electron chi connectivity index (χ0n) is 11.8. The number of aromatic nitrogens is 1. The Kier molecular flexibility index (Phi) is 5.22. The summed E-state index contributed by atoms with van der Waals surface area (Å²) in [7, 11) is 0. The van der Waals surface area contributed by atoms with Crippen molar-refractivity contribution in [2.45, 2.75) is 6.61 Å². The van der Waals surface area contributed by atoms with Gasteiger partial charge in [-0.2, -0.15) is 8.78 Å². The fourth-order valence-electron chi connectivity index (χ4n) is 1.93. The highest BCUT2D eigenvalue weighted by Gasteiger charge is 2.15. The van der Waals surface area contributed by atoms with Gasteiger partial charge in [0.1, 0.15) is 5.75 Å². The molecule has 0 spiro atoms. The molecule has 0 aliphatic rings. The lowest BCUT2D eigenvalue weighted by Gasteiger charge is -2.08. The molecule has 0 bridgehead atoms. The fraction of sp³-hybridized carbons (Fsp3) is 0.0667. The maximum atomic E-state index is 12.5. The monoisotopic (exact) mass is 430 g/mol. The molecule has 24 heavy (non-hydrogen) atoms. The van der Waals surface area contributed by atoms with Crippen molar-refractivity contribution in [2.75, 3.05) is 5.32 Å². The van der Waals surface area contributed by atoms with Crippen LogP contribution in [0.2, 0.25) is 0 Å². The summed E-state index contributed by atoms with van der Waals surface area (Å²) in [5, 5.41) is 4.75. The minimum Gasteiger partial charge on any atom is -0.434 e. The molecule has 0 radical (unpaired) electrons. The number of carbonyl (C=O) groups is 1. The molecule has 124 valence electrons. The van der Waals surface area contributed by atoms with E-state index in [1.807, 2.05) is 0 Å². The number of nitrogens with zero attached hydrogens (tertiary/aromatic N) is 1. The maximum absolute atomic E-state index is 12.5. The molecule has 2 aromatic heterocycles. The quantitative estimate of drug-likeness (QED) is 0.582. The van der Waals surface area contributed by atoms with Crippen molar-refractivity contribution >= 4 is 49.6 Å². The summed E-state index contributed by atoms with van der Waals surface area (Å²) >= 11 is 5.81. The number of thiophene rings is 1. The van der Waals surface area contributed by atoms with E-state index in [4.69, 9.17) is 0 Å². The van der Waals surface area contributed by atoms with E-state index in [1.165, 1.54) is 28.7 Å². The van der Waals surface area contributed by atoms with Gasteiger partial charge in [0.05, 0.1) is 14.4 Å². The molecule has 3 aromatic rings. The predicted molar refractivity (Wildman–Crippen MR) is 94.2 cm³/mol. The Morgan fingerprint density at radius 1 is 1.25 bits per heavy atom. The number of nitrogens with one attached hydrogen (secondary N) is 1. The maximum Gasteiger partial charge on any atom is 0.387 e. The molecule has 1 aromatic carbocycles. The lowest BCUT2D eigenvalue weighted by atomic mass is 10.1. The lowest BCUT2D eigenvalue weighted by molar-refractivity contribution is -0.0494. The van der Waals surface area contributed by atoms with Crippen LogP contribution in [0.5, 0.6) is 5.75 Å². The largest absolute Gasteiger partial charge is 0.434 e. The first-order chi connectivity index (χ1) is 11.5. The molecule has 0 aliphatic carbocycles. The average molecular weight is 431 g/mol. The summed E-state index contributed by atoms with van der Waals surface area (Å²) in [6.07, 6.45) is 0. The Balaban J connectivity index is 1.80. The third-order valence-corrected chi connectivity index (χ3v) is 5.28. The number of hydrogen-bond acceptors (Lipinski definition) is 5. The van der Waals surface area contributed by atoms with E-state index >= 15 is 0 Å². The van der Waals surface area contributed by atoms with Crippen molar-refractivity contribution in [2.24, 2.45) is 0 Å². The molecule has 1 N–H and O–H groups in total. The summed E-state index contributed by atoms with van der Waals surface area (Å²) < 4.78 is 30.3. The van der Waals surface area contributed by atoms with Crippen LogP contribution in [0.15, 0.2) is 45.6 Å². The van der Waals surface area contributed by atoms with Gasteiger partial charge in [-0.05, 0) is 40.2 Å². The van der Waals surface area contributed by atoms with Crippen molar-refractivity contribution in [3.05, 3.63) is 50.4 Å². The number of benzene rings is 1. The normalized spacial score (nSPS) is 10.8. The van der Waals surface area contributed by atoms with Crippen molar-refractivity contribution in [3.63, 3.8) is 0 Å². The van der Waals surface area contributed by atoms with Crippen molar-refractivity contribution in [1.29, 1.82) is 0 Å². The van der Waals surface area contributed by atoms with E-state index in [1.54, 1.807) is 35.7 Å².